The van der Waals surface area contributed by atoms with Crippen molar-refractivity contribution in [1.29, 1.82) is 0 Å². The summed E-state index contributed by atoms with van der Waals surface area (Å²) in [7, 11) is 0. The molecule has 0 aliphatic carbocycles. The summed E-state index contributed by atoms with van der Waals surface area (Å²) in [5.74, 6) is 0.610. The summed E-state index contributed by atoms with van der Waals surface area (Å²) in [5, 5.41) is 10.6. The van der Waals surface area contributed by atoms with Crippen molar-refractivity contribution in [2.45, 2.75) is 6.54 Å². The van der Waals surface area contributed by atoms with Crippen LogP contribution in [-0.2, 0) is 6.54 Å². The molecule has 0 atom stereocenters. The molecule has 7 heteroatoms. The molecule has 0 saturated carbocycles. The van der Waals surface area contributed by atoms with Crippen molar-refractivity contribution < 1.29 is 0 Å². The first kappa shape index (κ1) is 10.0. The number of aromatic nitrogens is 5. The second kappa shape index (κ2) is 4.83. The van der Waals surface area contributed by atoms with E-state index in [1.807, 2.05) is 6.20 Å². The fourth-order valence-corrected chi connectivity index (χ4v) is 1.24. The van der Waals surface area contributed by atoms with Gasteiger partial charge in [0.15, 0.2) is 0 Å². The first-order valence-electron chi connectivity index (χ1n) is 4.40. The van der Waals surface area contributed by atoms with Crippen molar-refractivity contribution >= 4 is 21.9 Å². The molecular formula is C8H9BrN6. The van der Waals surface area contributed by atoms with Crippen LogP contribution in [0.15, 0.2) is 29.3 Å². The van der Waals surface area contributed by atoms with Gasteiger partial charge in [-0.15, -0.1) is 5.10 Å². The Morgan fingerprint density at radius 1 is 1.33 bits per heavy atom. The van der Waals surface area contributed by atoms with Crippen LogP contribution in [0.2, 0.25) is 0 Å². The molecule has 1 N–H and O–H groups in total. The van der Waals surface area contributed by atoms with Crippen LogP contribution in [0.1, 0.15) is 0 Å². The lowest BCUT2D eigenvalue weighted by Crippen LogP contribution is -2.12. The van der Waals surface area contributed by atoms with Crippen molar-refractivity contribution in [2.75, 3.05) is 11.9 Å². The molecule has 0 amide bonds. The van der Waals surface area contributed by atoms with Crippen molar-refractivity contribution in [3.8, 4) is 0 Å². The molecule has 0 bridgehead atoms. The van der Waals surface area contributed by atoms with E-state index in [0.717, 1.165) is 11.0 Å². The Hall–Kier alpha value is -1.50. The van der Waals surface area contributed by atoms with E-state index in [0.29, 0.717) is 12.5 Å². The van der Waals surface area contributed by atoms with E-state index in [-0.39, 0.29) is 0 Å². The number of rotatable bonds is 4. The molecule has 0 spiro atoms. The molecule has 15 heavy (non-hydrogen) atoms. The standard InChI is InChI=1S/C8H9BrN6/c9-7-5-11-8(12-6-7)10-1-3-15-4-2-13-14-15/h2,4-6H,1,3H2,(H,10,11,12). The Bertz CT molecular complexity index is 398. The van der Waals surface area contributed by atoms with E-state index in [4.69, 9.17) is 0 Å². The van der Waals surface area contributed by atoms with E-state index < -0.39 is 0 Å². The summed E-state index contributed by atoms with van der Waals surface area (Å²) < 4.78 is 2.61. The van der Waals surface area contributed by atoms with Gasteiger partial charge in [0.05, 0.1) is 17.2 Å². The molecule has 2 rings (SSSR count). The first-order chi connectivity index (χ1) is 7.34. The highest BCUT2D eigenvalue weighted by atomic mass is 79.9. The zero-order valence-electron chi connectivity index (χ0n) is 7.84. The van der Waals surface area contributed by atoms with Crippen LogP contribution in [0.4, 0.5) is 5.95 Å². The van der Waals surface area contributed by atoms with Gasteiger partial charge >= 0.3 is 0 Å². The highest BCUT2D eigenvalue weighted by molar-refractivity contribution is 9.10. The molecule has 2 aromatic heterocycles. The Kier molecular flexibility index (Phi) is 3.23. The predicted octanol–water partition coefficient (Wildman–Crippen LogP) is 0.943. The highest BCUT2D eigenvalue weighted by Crippen LogP contribution is 2.06. The van der Waals surface area contributed by atoms with Gasteiger partial charge < -0.3 is 5.32 Å². The first-order valence-corrected chi connectivity index (χ1v) is 5.19. The van der Waals surface area contributed by atoms with Gasteiger partial charge in [0.25, 0.3) is 0 Å². The van der Waals surface area contributed by atoms with Gasteiger partial charge in [-0.25, -0.2) is 9.97 Å². The minimum Gasteiger partial charge on any atom is -0.352 e. The maximum atomic E-state index is 4.08. The summed E-state index contributed by atoms with van der Waals surface area (Å²) in [5.41, 5.74) is 0. The van der Waals surface area contributed by atoms with E-state index in [2.05, 4.69) is 41.5 Å². The van der Waals surface area contributed by atoms with Gasteiger partial charge in [-0.05, 0) is 15.9 Å². The fraction of sp³-hybridized carbons (Fsp3) is 0.250. The number of hydrogen-bond acceptors (Lipinski definition) is 5. The molecule has 0 unspecified atom stereocenters. The monoisotopic (exact) mass is 268 g/mol. The van der Waals surface area contributed by atoms with Crippen LogP contribution in [0, 0.1) is 0 Å². The fourth-order valence-electron chi connectivity index (χ4n) is 1.04. The minimum absolute atomic E-state index is 0.610. The summed E-state index contributed by atoms with van der Waals surface area (Å²) in [4.78, 5) is 8.17. The maximum absolute atomic E-state index is 4.08. The summed E-state index contributed by atoms with van der Waals surface area (Å²) in [6.07, 6.45) is 6.86. The molecule has 0 saturated heterocycles. The average molecular weight is 269 g/mol. The van der Waals surface area contributed by atoms with Crippen LogP contribution in [0.5, 0.6) is 0 Å². The summed E-state index contributed by atoms with van der Waals surface area (Å²) in [6.45, 7) is 1.45. The maximum Gasteiger partial charge on any atom is 0.222 e. The van der Waals surface area contributed by atoms with Crippen LogP contribution in [0.3, 0.4) is 0 Å². The molecule has 0 aromatic carbocycles. The minimum atomic E-state index is 0.610. The zero-order chi connectivity index (χ0) is 10.5. The van der Waals surface area contributed by atoms with E-state index in [9.17, 15) is 0 Å². The van der Waals surface area contributed by atoms with Gasteiger partial charge in [-0.2, -0.15) is 0 Å². The number of anilines is 1. The second-order valence-corrected chi connectivity index (χ2v) is 3.73. The molecule has 0 aliphatic rings. The van der Waals surface area contributed by atoms with Crippen molar-refractivity contribution in [3.63, 3.8) is 0 Å². The third kappa shape index (κ3) is 2.98. The molecule has 78 valence electrons. The number of hydrogen-bond donors (Lipinski definition) is 1. The Morgan fingerprint density at radius 3 is 2.80 bits per heavy atom. The van der Waals surface area contributed by atoms with Crippen LogP contribution < -0.4 is 5.32 Å². The summed E-state index contributed by atoms with van der Waals surface area (Å²) in [6, 6.07) is 0. The quantitative estimate of drug-likeness (QED) is 0.894. The van der Waals surface area contributed by atoms with Crippen LogP contribution >= 0.6 is 15.9 Å². The smallest absolute Gasteiger partial charge is 0.222 e. The second-order valence-electron chi connectivity index (χ2n) is 2.82. The van der Waals surface area contributed by atoms with Crippen LogP contribution in [0.25, 0.3) is 0 Å². The van der Waals surface area contributed by atoms with Gasteiger partial charge in [0.1, 0.15) is 0 Å². The molecule has 2 aromatic rings. The molecule has 0 fully saturated rings. The Morgan fingerprint density at radius 2 is 2.13 bits per heavy atom. The molecule has 2 heterocycles. The number of nitrogens with zero attached hydrogens (tertiary/aromatic N) is 5. The van der Waals surface area contributed by atoms with Crippen LogP contribution in [-0.4, -0.2) is 31.5 Å². The van der Waals surface area contributed by atoms with Gasteiger partial charge in [-0.1, -0.05) is 5.21 Å². The molecule has 6 nitrogen and oxygen atoms in total. The largest absolute Gasteiger partial charge is 0.352 e. The Balaban J connectivity index is 1.81. The SMILES string of the molecule is Brc1cnc(NCCn2ccnn2)nc1. The van der Waals surface area contributed by atoms with Crippen molar-refractivity contribution in [2.24, 2.45) is 0 Å². The van der Waals surface area contributed by atoms with E-state index >= 15 is 0 Å². The van der Waals surface area contributed by atoms with Gasteiger partial charge in [-0.3, -0.25) is 4.68 Å². The highest BCUT2D eigenvalue weighted by Gasteiger charge is 1.95. The number of nitrogens with one attached hydrogen (secondary N) is 1. The number of halogens is 1. The average Bonchev–Trinajstić information content (AvgIpc) is 2.74. The normalized spacial score (nSPS) is 10.2. The third-order valence-electron chi connectivity index (χ3n) is 1.72. The predicted molar refractivity (Wildman–Crippen MR) is 58.2 cm³/mol. The zero-order valence-corrected chi connectivity index (χ0v) is 9.42. The van der Waals surface area contributed by atoms with E-state index in [1.54, 1.807) is 23.3 Å². The summed E-state index contributed by atoms with van der Waals surface area (Å²) >= 11 is 3.27. The van der Waals surface area contributed by atoms with E-state index in [1.165, 1.54) is 0 Å². The molecule has 0 aliphatic heterocycles. The lowest BCUT2D eigenvalue weighted by Gasteiger charge is -2.03. The Labute approximate surface area is 94.9 Å². The lowest BCUT2D eigenvalue weighted by molar-refractivity contribution is 0.607. The van der Waals surface area contributed by atoms with Crippen molar-refractivity contribution in [3.05, 3.63) is 29.3 Å². The van der Waals surface area contributed by atoms with Crippen molar-refractivity contribution in [1.82, 2.24) is 25.0 Å². The lowest BCUT2D eigenvalue weighted by atomic mass is 10.6. The van der Waals surface area contributed by atoms with Gasteiger partial charge in [0, 0.05) is 25.1 Å². The molecule has 0 radical (unpaired) electrons. The van der Waals surface area contributed by atoms with Gasteiger partial charge in [0.2, 0.25) is 5.95 Å². The molecular weight excluding hydrogens is 260 g/mol. The third-order valence-corrected chi connectivity index (χ3v) is 2.13. The topological polar surface area (TPSA) is 68.5 Å².